The fraction of sp³-hybridized carbons (Fsp3) is 0.538. The predicted octanol–water partition coefficient (Wildman–Crippen LogP) is 2.51. The number of aromatic nitrogens is 2. The van der Waals surface area contributed by atoms with E-state index in [9.17, 15) is 0 Å². The number of hydrogen-bond donors (Lipinski definition) is 0. The van der Waals surface area contributed by atoms with Gasteiger partial charge in [0.25, 0.3) is 0 Å². The van der Waals surface area contributed by atoms with Crippen LogP contribution in [-0.2, 0) is 0 Å². The Morgan fingerprint density at radius 2 is 2.25 bits per heavy atom. The van der Waals surface area contributed by atoms with Gasteiger partial charge in [-0.15, -0.1) is 0 Å². The highest BCUT2D eigenvalue weighted by atomic mass is 15.2. The molecule has 1 aromatic rings. The van der Waals surface area contributed by atoms with Crippen LogP contribution in [0, 0.1) is 0 Å². The molecule has 2 fully saturated rings. The summed E-state index contributed by atoms with van der Waals surface area (Å²) in [6.07, 6.45) is 6.78. The molecule has 1 saturated carbocycles. The van der Waals surface area contributed by atoms with Crippen molar-refractivity contribution in [1.82, 2.24) is 9.97 Å². The van der Waals surface area contributed by atoms with Gasteiger partial charge in [-0.1, -0.05) is 12.2 Å². The summed E-state index contributed by atoms with van der Waals surface area (Å²) in [4.78, 5) is 11.3. The van der Waals surface area contributed by atoms with Gasteiger partial charge in [0, 0.05) is 25.2 Å². The molecule has 1 aliphatic carbocycles. The van der Waals surface area contributed by atoms with Gasteiger partial charge in [0.15, 0.2) is 0 Å². The summed E-state index contributed by atoms with van der Waals surface area (Å²) in [5.41, 5.74) is 1.32. The quantitative estimate of drug-likeness (QED) is 0.710. The normalized spacial score (nSPS) is 21.2. The number of rotatable bonds is 2. The van der Waals surface area contributed by atoms with E-state index in [-0.39, 0.29) is 0 Å². The molecule has 3 heteroatoms. The predicted molar refractivity (Wildman–Crippen MR) is 64.6 cm³/mol. The lowest BCUT2D eigenvalue weighted by Gasteiger charge is -2.29. The molecule has 0 radical (unpaired) electrons. The Hall–Kier alpha value is -1.38. The van der Waals surface area contributed by atoms with Crippen molar-refractivity contribution in [2.24, 2.45) is 0 Å². The molecule has 0 bridgehead atoms. The van der Waals surface area contributed by atoms with E-state index in [2.05, 4.69) is 21.4 Å². The molecule has 0 amide bonds. The molecule has 16 heavy (non-hydrogen) atoms. The molecular weight excluding hydrogens is 198 g/mol. The second-order valence-corrected chi connectivity index (χ2v) is 4.82. The topological polar surface area (TPSA) is 29.0 Å². The van der Waals surface area contributed by atoms with E-state index in [1.54, 1.807) is 0 Å². The van der Waals surface area contributed by atoms with E-state index in [4.69, 9.17) is 0 Å². The first-order valence-corrected chi connectivity index (χ1v) is 6.07. The van der Waals surface area contributed by atoms with Crippen molar-refractivity contribution in [3.63, 3.8) is 0 Å². The Balaban J connectivity index is 1.81. The highest BCUT2D eigenvalue weighted by Gasteiger charge is 2.27. The van der Waals surface area contributed by atoms with Crippen LogP contribution in [0.3, 0.4) is 0 Å². The van der Waals surface area contributed by atoms with Crippen LogP contribution in [0.2, 0.25) is 0 Å². The largest absolute Gasteiger partial charge is 0.353 e. The van der Waals surface area contributed by atoms with E-state index < -0.39 is 0 Å². The fourth-order valence-electron chi connectivity index (χ4n) is 2.22. The maximum Gasteiger partial charge on any atom is 0.133 e. The summed E-state index contributed by atoms with van der Waals surface area (Å²) in [5, 5.41) is 0. The van der Waals surface area contributed by atoms with E-state index >= 15 is 0 Å². The van der Waals surface area contributed by atoms with Gasteiger partial charge >= 0.3 is 0 Å². The minimum absolute atomic E-state index is 0.632. The summed E-state index contributed by atoms with van der Waals surface area (Å²) in [6.45, 7) is 6.13. The van der Waals surface area contributed by atoms with Gasteiger partial charge in [0.1, 0.15) is 11.6 Å². The van der Waals surface area contributed by atoms with Gasteiger partial charge < -0.3 is 4.90 Å². The van der Waals surface area contributed by atoms with Crippen LogP contribution >= 0.6 is 0 Å². The molecule has 1 aliphatic heterocycles. The molecule has 0 spiro atoms. The molecule has 1 aromatic heterocycles. The van der Waals surface area contributed by atoms with Gasteiger partial charge in [0.05, 0.1) is 0 Å². The average molecular weight is 215 g/mol. The monoisotopic (exact) mass is 215 g/mol. The first kappa shape index (κ1) is 9.82. The van der Waals surface area contributed by atoms with Crippen molar-refractivity contribution in [3.05, 3.63) is 30.2 Å². The summed E-state index contributed by atoms with van der Waals surface area (Å²) in [5.74, 6) is 2.75. The summed E-state index contributed by atoms with van der Waals surface area (Å²) in [7, 11) is 0. The molecule has 3 rings (SSSR count). The lowest BCUT2D eigenvalue weighted by atomic mass is 10.1. The minimum atomic E-state index is 0.632. The molecule has 84 valence electrons. The van der Waals surface area contributed by atoms with Gasteiger partial charge in [-0.3, -0.25) is 0 Å². The van der Waals surface area contributed by atoms with Crippen LogP contribution in [0.1, 0.15) is 37.4 Å². The summed E-state index contributed by atoms with van der Waals surface area (Å²) >= 11 is 0. The van der Waals surface area contributed by atoms with Gasteiger partial charge in [-0.25, -0.2) is 9.97 Å². The number of anilines is 1. The second kappa shape index (κ2) is 3.89. The highest BCUT2D eigenvalue weighted by molar-refractivity contribution is 5.41. The Morgan fingerprint density at radius 1 is 1.38 bits per heavy atom. The third-order valence-electron chi connectivity index (χ3n) is 3.30. The Labute approximate surface area is 96.2 Å². The minimum Gasteiger partial charge on any atom is -0.353 e. The third-order valence-corrected chi connectivity index (χ3v) is 3.30. The number of piperidine rings is 1. The van der Waals surface area contributed by atoms with Crippen molar-refractivity contribution < 1.29 is 0 Å². The lowest BCUT2D eigenvalue weighted by Crippen LogP contribution is -2.31. The molecule has 2 heterocycles. The third kappa shape index (κ3) is 1.94. The van der Waals surface area contributed by atoms with E-state index in [0.717, 1.165) is 31.2 Å². The van der Waals surface area contributed by atoms with Gasteiger partial charge in [-0.2, -0.15) is 0 Å². The van der Waals surface area contributed by atoms with Crippen LogP contribution in [0.5, 0.6) is 0 Å². The smallest absolute Gasteiger partial charge is 0.133 e. The van der Waals surface area contributed by atoms with Crippen LogP contribution < -0.4 is 4.90 Å². The number of nitrogens with zero attached hydrogens (tertiary/aromatic N) is 3. The average Bonchev–Trinajstić information content (AvgIpc) is 3.13. The Kier molecular flexibility index (Phi) is 2.39. The zero-order valence-electron chi connectivity index (χ0n) is 9.52. The SMILES string of the molecule is C=C1CCCN(c2ccnc(C3CC3)n2)C1. The lowest BCUT2D eigenvalue weighted by molar-refractivity contribution is 0.669. The van der Waals surface area contributed by atoms with Gasteiger partial charge in [0.2, 0.25) is 0 Å². The molecule has 3 nitrogen and oxygen atoms in total. The van der Waals surface area contributed by atoms with Crippen LogP contribution in [0.25, 0.3) is 0 Å². The van der Waals surface area contributed by atoms with Crippen LogP contribution in [0.15, 0.2) is 24.4 Å². The molecule has 0 N–H and O–H groups in total. The maximum atomic E-state index is 4.67. The van der Waals surface area contributed by atoms with E-state index in [1.807, 2.05) is 12.3 Å². The van der Waals surface area contributed by atoms with E-state index in [1.165, 1.54) is 24.8 Å². The molecule has 1 saturated heterocycles. The number of hydrogen-bond acceptors (Lipinski definition) is 3. The Morgan fingerprint density at radius 3 is 3.00 bits per heavy atom. The van der Waals surface area contributed by atoms with Crippen LogP contribution in [-0.4, -0.2) is 23.1 Å². The first-order valence-electron chi connectivity index (χ1n) is 6.07. The Bertz CT molecular complexity index is 409. The molecule has 2 aliphatic rings. The van der Waals surface area contributed by atoms with Crippen molar-refractivity contribution in [2.45, 2.75) is 31.6 Å². The van der Waals surface area contributed by atoms with Crippen molar-refractivity contribution in [1.29, 1.82) is 0 Å². The zero-order valence-corrected chi connectivity index (χ0v) is 9.52. The molecule has 0 aromatic carbocycles. The molecule has 0 unspecified atom stereocenters. The first-order chi connectivity index (χ1) is 7.83. The summed E-state index contributed by atoms with van der Waals surface area (Å²) < 4.78 is 0. The van der Waals surface area contributed by atoms with Crippen molar-refractivity contribution >= 4 is 5.82 Å². The summed E-state index contributed by atoms with van der Waals surface area (Å²) in [6, 6.07) is 2.02. The van der Waals surface area contributed by atoms with Gasteiger partial charge in [-0.05, 0) is 31.7 Å². The second-order valence-electron chi connectivity index (χ2n) is 4.82. The highest BCUT2D eigenvalue weighted by Crippen LogP contribution is 2.38. The molecule has 0 atom stereocenters. The standard InChI is InChI=1S/C13H17N3/c1-10-3-2-8-16(9-10)12-6-7-14-13(15-12)11-4-5-11/h6-7,11H,1-5,8-9H2. The fourth-order valence-corrected chi connectivity index (χ4v) is 2.22. The van der Waals surface area contributed by atoms with Crippen LogP contribution in [0.4, 0.5) is 5.82 Å². The molecular formula is C13H17N3. The van der Waals surface area contributed by atoms with E-state index in [0.29, 0.717) is 5.92 Å². The van der Waals surface area contributed by atoms with Crippen molar-refractivity contribution in [3.8, 4) is 0 Å². The van der Waals surface area contributed by atoms with Crippen molar-refractivity contribution in [2.75, 3.05) is 18.0 Å². The zero-order chi connectivity index (χ0) is 11.0. The maximum absolute atomic E-state index is 4.67.